The predicted octanol–water partition coefficient (Wildman–Crippen LogP) is 2.35. The first-order valence-electron chi connectivity index (χ1n) is 4.69. The van der Waals surface area contributed by atoms with Gasteiger partial charge in [-0.25, -0.2) is 0 Å². The van der Waals surface area contributed by atoms with E-state index in [2.05, 4.69) is 32.7 Å². The Morgan fingerprint density at radius 1 is 1.00 bits per heavy atom. The number of hydrogen-bond acceptors (Lipinski definition) is 2. The Morgan fingerprint density at radius 3 is 1.92 bits per heavy atom. The van der Waals surface area contributed by atoms with Gasteiger partial charge in [0.2, 0.25) is 0 Å². The van der Waals surface area contributed by atoms with Crippen LogP contribution in [0.4, 0.5) is 0 Å². The van der Waals surface area contributed by atoms with E-state index in [1.807, 2.05) is 0 Å². The molecule has 0 aliphatic heterocycles. The zero-order valence-electron chi connectivity index (χ0n) is 9.52. The molecule has 0 bridgehead atoms. The van der Waals surface area contributed by atoms with Crippen LogP contribution < -0.4 is 0 Å². The minimum Gasteiger partial charge on any atom is -0.421 e. The zero-order chi connectivity index (χ0) is 10.5. The first kappa shape index (κ1) is 13.4. The summed E-state index contributed by atoms with van der Waals surface area (Å²) in [5.41, 5.74) is 0. The second kappa shape index (κ2) is 5.29. The van der Waals surface area contributed by atoms with Crippen LogP contribution in [0.1, 0.15) is 0 Å². The minimum absolute atomic E-state index is 0.323. The van der Waals surface area contributed by atoms with Crippen LogP contribution in [0.15, 0.2) is 0 Å². The molecule has 2 nitrogen and oxygen atoms in total. The molecule has 0 atom stereocenters. The summed E-state index contributed by atoms with van der Waals surface area (Å²) in [6.45, 7) is 16.8. The van der Waals surface area contributed by atoms with Crippen molar-refractivity contribution >= 4 is 16.4 Å². The van der Waals surface area contributed by atoms with Gasteiger partial charge in [-0.2, -0.15) is 0 Å². The zero-order valence-corrected chi connectivity index (χ0v) is 11.5. The van der Waals surface area contributed by atoms with Crippen LogP contribution in [0.3, 0.4) is 0 Å². The van der Waals surface area contributed by atoms with Crippen molar-refractivity contribution < 1.29 is 9.16 Å². The van der Waals surface area contributed by atoms with Crippen LogP contribution in [0.2, 0.25) is 32.7 Å². The quantitative estimate of drug-likeness (QED) is 0.637. The molecule has 0 heterocycles. The van der Waals surface area contributed by atoms with Gasteiger partial charge in [0.05, 0.1) is 0 Å². The topological polar surface area (TPSA) is 18.5 Å². The lowest BCUT2D eigenvalue weighted by atomic mass is 10.9. The van der Waals surface area contributed by atoms with Crippen molar-refractivity contribution in [2.24, 2.45) is 0 Å². The Labute approximate surface area is 84.8 Å². The van der Waals surface area contributed by atoms with Gasteiger partial charge in [-0.15, -0.1) is 0 Å². The molecule has 0 unspecified atom stereocenters. The van der Waals surface area contributed by atoms with E-state index in [9.17, 15) is 0 Å². The van der Waals surface area contributed by atoms with Gasteiger partial charge in [0, 0.05) is 19.1 Å². The molecule has 0 aromatic heterocycles. The molecule has 13 heavy (non-hydrogen) atoms. The van der Waals surface area contributed by atoms with Crippen molar-refractivity contribution in [3.8, 4) is 0 Å². The first-order valence-corrected chi connectivity index (χ1v) is 11.5. The number of hydrogen-bond donors (Lipinski definition) is 0. The average Bonchev–Trinajstić information content (AvgIpc) is 1.97. The lowest BCUT2D eigenvalue weighted by molar-refractivity contribution is 0.199. The summed E-state index contributed by atoms with van der Waals surface area (Å²) in [6, 6.07) is 0. The van der Waals surface area contributed by atoms with Gasteiger partial charge >= 0.3 is 0 Å². The van der Waals surface area contributed by atoms with Gasteiger partial charge in [0.15, 0.2) is 8.32 Å². The van der Waals surface area contributed by atoms with Crippen LogP contribution in [0.5, 0.6) is 0 Å². The van der Waals surface area contributed by atoms with Crippen LogP contribution in [0, 0.1) is 6.92 Å². The Balaban J connectivity index is 3.75. The van der Waals surface area contributed by atoms with E-state index >= 15 is 0 Å². The maximum absolute atomic E-state index is 5.87. The van der Waals surface area contributed by atoms with Crippen LogP contribution in [0.25, 0.3) is 0 Å². The maximum Gasteiger partial charge on any atom is 0.183 e. The summed E-state index contributed by atoms with van der Waals surface area (Å²) in [5.74, 6) is 0. The van der Waals surface area contributed by atoms with Crippen LogP contribution in [-0.2, 0) is 9.16 Å². The van der Waals surface area contributed by atoms with Crippen molar-refractivity contribution in [3.63, 3.8) is 0 Å². The summed E-state index contributed by atoms with van der Waals surface area (Å²) in [5, 5.41) is 0. The molecule has 0 N–H and O–H groups in total. The van der Waals surface area contributed by atoms with Gasteiger partial charge in [0.25, 0.3) is 0 Å². The van der Waals surface area contributed by atoms with E-state index in [0.29, 0.717) is 6.61 Å². The molecule has 0 aromatic carbocycles. The third-order valence-electron chi connectivity index (χ3n) is 1.51. The predicted molar refractivity (Wildman–Crippen MR) is 61.9 cm³/mol. The fraction of sp³-hybridized carbons (Fsp3) is 0.889. The van der Waals surface area contributed by atoms with Gasteiger partial charge in [-0.05, 0) is 26.6 Å². The highest BCUT2D eigenvalue weighted by atomic mass is 28.4. The first-order chi connectivity index (χ1) is 5.77. The average molecular weight is 218 g/mol. The molecule has 0 aliphatic carbocycles. The van der Waals surface area contributed by atoms with Gasteiger partial charge in [-0.3, -0.25) is 0 Å². The van der Waals surface area contributed by atoms with Gasteiger partial charge in [-0.1, -0.05) is 13.1 Å². The monoisotopic (exact) mass is 218 g/mol. The molecule has 0 aromatic rings. The van der Waals surface area contributed by atoms with Crippen molar-refractivity contribution in [3.05, 3.63) is 6.92 Å². The molecule has 2 radical (unpaired) electrons. The molecular formula is C9H22O2Si2. The van der Waals surface area contributed by atoms with E-state index in [1.165, 1.54) is 0 Å². The van der Waals surface area contributed by atoms with E-state index in [0.717, 1.165) is 12.5 Å². The molecule has 0 saturated heterocycles. The SMILES string of the molecule is [CH]COC[Si](C)(C)CO[Si](C)(C)C. The largest absolute Gasteiger partial charge is 0.421 e. The summed E-state index contributed by atoms with van der Waals surface area (Å²) in [6.07, 6.45) is 1.69. The molecule has 0 saturated carbocycles. The Bertz CT molecular complexity index is 141. The Hall–Kier alpha value is 0.354. The lowest BCUT2D eigenvalue weighted by Crippen LogP contribution is -2.43. The summed E-state index contributed by atoms with van der Waals surface area (Å²) >= 11 is 0. The van der Waals surface area contributed by atoms with Crippen LogP contribution >= 0.6 is 0 Å². The molecule has 0 fully saturated rings. The lowest BCUT2D eigenvalue weighted by Gasteiger charge is -2.26. The van der Waals surface area contributed by atoms with Gasteiger partial charge < -0.3 is 9.16 Å². The second-order valence-corrected chi connectivity index (χ2v) is 14.5. The highest BCUT2D eigenvalue weighted by Gasteiger charge is 2.25. The third kappa shape index (κ3) is 8.68. The highest BCUT2D eigenvalue weighted by molar-refractivity contribution is 6.78. The second-order valence-electron chi connectivity index (χ2n) is 5.08. The fourth-order valence-electron chi connectivity index (χ4n) is 0.789. The van der Waals surface area contributed by atoms with E-state index in [-0.39, 0.29) is 0 Å². The molecule has 0 rings (SSSR count). The standard InChI is InChI=1S/C9H22O2Si2/c1-7-10-8-13(5,6)9-11-12(2,3)4/h1H,7-9H2,2-6H3. The molecule has 0 spiro atoms. The van der Waals surface area contributed by atoms with Crippen molar-refractivity contribution in [2.75, 3.05) is 19.1 Å². The molecular weight excluding hydrogens is 196 g/mol. The van der Waals surface area contributed by atoms with E-state index in [1.54, 1.807) is 0 Å². The molecule has 0 aliphatic rings. The van der Waals surface area contributed by atoms with E-state index < -0.39 is 16.4 Å². The van der Waals surface area contributed by atoms with Crippen molar-refractivity contribution in [1.82, 2.24) is 0 Å². The molecule has 78 valence electrons. The third-order valence-corrected chi connectivity index (χ3v) is 4.72. The fourth-order valence-corrected chi connectivity index (χ4v) is 4.84. The maximum atomic E-state index is 5.87. The van der Waals surface area contributed by atoms with Gasteiger partial charge in [0.1, 0.15) is 8.07 Å². The normalized spacial score (nSPS) is 13.4. The highest BCUT2D eigenvalue weighted by Crippen LogP contribution is 2.09. The Morgan fingerprint density at radius 2 is 1.54 bits per heavy atom. The van der Waals surface area contributed by atoms with Crippen LogP contribution in [-0.4, -0.2) is 35.5 Å². The van der Waals surface area contributed by atoms with Crippen molar-refractivity contribution in [2.45, 2.75) is 32.7 Å². The van der Waals surface area contributed by atoms with E-state index in [4.69, 9.17) is 16.1 Å². The summed E-state index contributed by atoms with van der Waals surface area (Å²) < 4.78 is 11.1. The molecule has 0 amide bonds. The molecule has 4 heteroatoms. The Kier molecular flexibility index (Phi) is 5.43. The number of ether oxygens (including phenoxy) is 1. The number of rotatable bonds is 6. The smallest absolute Gasteiger partial charge is 0.183 e. The van der Waals surface area contributed by atoms with Crippen molar-refractivity contribution in [1.29, 1.82) is 0 Å². The summed E-state index contributed by atoms with van der Waals surface area (Å²) in [7, 11) is -2.68. The summed E-state index contributed by atoms with van der Waals surface area (Å²) in [4.78, 5) is 0. The minimum atomic E-state index is -1.36.